The van der Waals surface area contributed by atoms with Gasteiger partial charge in [0.15, 0.2) is 16.3 Å². The second-order valence-electron chi connectivity index (χ2n) is 9.99. The number of aromatic nitrogens is 1. The summed E-state index contributed by atoms with van der Waals surface area (Å²) in [4.78, 5) is 32.8. The summed E-state index contributed by atoms with van der Waals surface area (Å²) >= 11 is 7.80. The van der Waals surface area contributed by atoms with E-state index < -0.39 is 12.0 Å². The third-order valence-corrected chi connectivity index (χ3v) is 8.00. The Morgan fingerprint density at radius 1 is 1.17 bits per heavy atom. The molecule has 0 radical (unpaired) electrons. The normalized spacial score (nSPS) is 14.8. The van der Waals surface area contributed by atoms with Gasteiger partial charge in [0.2, 0.25) is 0 Å². The summed E-state index contributed by atoms with van der Waals surface area (Å²) in [7, 11) is 0. The quantitative estimate of drug-likeness (QED) is 0.205. The molecule has 0 spiro atoms. The Labute approximate surface area is 255 Å². The molecule has 2 aromatic carbocycles. The molecule has 0 fully saturated rings. The fraction of sp³-hybridized carbons (Fsp3) is 0.364. The Bertz CT molecular complexity index is 1710. The van der Waals surface area contributed by atoms with E-state index in [1.807, 2.05) is 38.1 Å². The van der Waals surface area contributed by atoms with E-state index in [1.165, 1.54) is 16.9 Å². The van der Waals surface area contributed by atoms with Crippen molar-refractivity contribution >= 4 is 35.0 Å². The molecule has 4 rings (SSSR count). The molecule has 0 N–H and O–H groups in total. The molecule has 1 atom stereocenters. The zero-order valence-corrected chi connectivity index (χ0v) is 26.1. The zero-order chi connectivity index (χ0) is 30.4. The van der Waals surface area contributed by atoms with Gasteiger partial charge in [-0.05, 0) is 61.1 Å². The molecular weight excluding hydrogens is 572 g/mol. The molecule has 0 bridgehead atoms. The van der Waals surface area contributed by atoms with E-state index in [0.29, 0.717) is 61.6 Å². The van der Waals surface area contributed by atoms with Crippen LogP contribution in [0.4, 0.5) is 0 Å². The third kappa shape index (κ3) is 6.48. The van der Waals surface area contributed by atoms with Crippen molar-refractivity contribution in [3.05, 3.63) is 89.1 Å². The number of nitrogens with zero attached hydrogens (tertiary/aromatic N) is 2. The van der Waals surface area contributed by atoms with Gasteiger partial charge in [0.25, 0.3) is 5.56 Å². The minimum absolute atomic E-state index is 0.0405. The number of esters is 1. The van der Waals surface area contributed by atoms with E-state index in [2.05, 4.69) is 19.8 Å². The van der Waals surface area contributed by atoms with Crippen LogP contribution in [0.15, 0.2) is 57.5 Å². The molecule has 1 aromatic heterocycles. The second-order valence-corrected chi connectivity index (χ2v) is 11.4. The molecule has 42 heavy (non-hydrogen) atoms. The topological polar surface area (TPSA) is 79.1 Å². The van der Waals surface area contributed by atoms with Crippen molar-refractivity contribution in [3.63, 3.8) is 0 Å². The van der Waals surface area contributed by atoms with Crippen LogP contribution < -0.4 is 24.4 Å². The van der Waals surface area contributed by atoms with E-state index in [4.69, 9.17) is 37.2 Å². The molecular formula is C33H35ClN2O5S. The summed E-state index contributed by atoms with van der Waals surface area (Å²) in [5, 5.41) is 0.313. The molecule has 0 amide bonds. The number of carbonyl (C=O) groups excluding carboxylic acids is 1. The fourth-order valence-electron chi connectivity index (χ4n) is 4.84. The average molecular weight is 607 g/mol. The van der Waals surface area contributed by atoms with Crippen molar-refractivity contribution in [2.45, 2.75) is 59.4 Å². The number of hydrogen-bond donors (Lipinski definition) is 0. The Kier molecular flexibility index (Phi) is 10.3. The molecule has 0 aliphatic carbocycles. The predicted octanol–water partition coefficient (Wildman–Crippen LogP) is 5.77. The molecule has 2 heterocycles. The first-order chi connectivity index (χ1) is 20.2. The van der Waals surface area contributed by atoms with Crippen LogP contribution in [-0.2, 0) is 9.53 Å². The highest BCUT2D eigenvalue weighted by molar-refractivity contribution is 7.07. The van der Waals surface area contributed by atoms with Crippen molar-refractivity contribution in [3.8, 4) is 23.8 Å². The summed E-state index contributed by atoms with van der Waals surface area (Å²) in [6.07, 6.45) is 8.45. The molecule has 0 saturated heterocycles. The molecule has 3 aromatic rings. The molecule has 220 valence electrons. The lowest BCUT2D eigenvalue weighted by Gasteiger charge is -2.26. The van der Waals surface area contributed by atoms with Crippen LogP contribution in [0.25, 0.3) is 6.08 Å². The van der Waals surface area contributed by atoms with E-state index in [1.54, 1.807) is 29.7 Å². The highest BCUT2D eigenvalue weighted by Gasteiger charge is 2.34. The van der Waals surface area contributed by atoms with E-state index in [9.17, 15) is 9.59 Å². The van der Waals surface area contributed by atoms with Crippen LogP contribution in [0.5, 0.6) is 11.5 Å². The van der Waals surface area contributed by atoms with Crippen molar-refractivity contribution < 1.29 is 19.0 Å². The number of fused-ring (bicyclic) bond motifs is 1. The number of thiazole rings is 1. The number of allylic oxidation sites excluding steroid dienone is 1. The first-order valence-electron chi connectivity index (χ1n) is 14.1. The van der Waals surface area contributed by atoms with Gasteiger partial charge < -0.3 is 14.2 Å². The van der Waals surface area contributed by atoms with E-state index in [0.717, 1.165) is 12.0 Å². The maximum atomic E-state index is 14.1. The number of ether oxygens (including phenoxy) is 3. The Hall–Kier alpha value is -3.80. The van der Waals surface area contributed by atoms with Crippen LogP contribution >= 0.6 is 22.9 Å². The second kappa shape index (κ2) is 13.9. The lowest BCUT2D eigenvalue weighted by Crippen LogP contribution is -2.40. The smallest absolute Gasteiger partial charge is 0.338 e. The summed E-state index contributed by atoms with van der Waals surface area (Å²) in [5.74, 6) is 3.08. The molecule has 1 aliphatic heterocycles. The first-order valence-corrected chi connectivity index (χ1v) is 15.3. The number of benzene rings is 2. The van der Waals surface area contributed by atoms with Gasteiger partial charge in [0.1, 0.15) is 6.61 Å². The van der Waals surface area contributed by atoms with Gasteiger partial charge in [-0.1, -0.05) is 80.3 Å². The fourth-order valence-corrected chi connectivity index (χ4v) is 6.13. The Morgan fingerprint density at radius 2 is 1.90 bits per heavy atom. The molecule has 1 aliphatic rings. The monoisotopic (exact) mass is 606 g/mol. The van der Waals surface area contributed by atoms with E-state index in [-0.39, 0.29) is 18.8 Å². The number of carbonyl (C=O) groups is 1. The average Bonchev–Trinajstić information content (AvgIpc) is 3.26. The van der Waals surface area contributed by atoms with Crippen LogP contribution in [-0.4, -0.2) is 30.4 Å². The number of rotatable bonds is 11. The van der Waals surface area contributed by atoms with Crippen LogP contribution in [0.2, 0.25) is 5.02 Å². The Balaban J connectivity index is 1.94. The van der Waals surface area contributed by atoms with Crippen molar-refractivity contribution in [1.29, 1.82) is 0 Å². The molecule has 7 nitrogen and oxygen atoms in total. The van der Waals surface area contributed by atoms with Crippen LogP contribution in [0.1, 0.15) is 76.1 Å². The number of halogens is 1. The summed E-state index contributed by atoms with van der Waals surface area (Å²) in [6, 6.07) is 10.8. The van der Waals surface area contributed by atoms with Crippen molar-refractivity contribution in [2.24, 2.45) is 4.99 Å². The standard InChI is InChI=1S/C33H35ClN2O5S/c1-7-11-25-28(32(38)40-10-4)29(23-14-12-22(13-15-23)20(5)6)36-31(37)27(42-33(36)35-25)19-21-17-24(34)30(41-16-8-2)26(18-21)39-9-3/h2,12-15,17-20,29H,7,9-11,16H2,1,3-6H3/b27-19-/t29-/m0/s1. The molecule has 0 unspecified atom stereocenters. The predicted molar refractivity (Wildman–Crippen MR) is 167 cm³/mol. The Morgan fingerprint density at radius 3 is 2.52 bits per heavy atom. The lowest BCUT2D eigenvalue weighted by atomic mass is 9.92. The minimum Gasteiger partial charge on any atom is -0.490 e. The van der Waals surface area contributed by atoms with Gasteiger partial charge in [-0.3, -0.25) is 9.36 Å². The van der Waals surface area contributed by atoms with Crippen molar-refractivity contribution in [1.82, 2.24) is 4.57 Å². The van der Waals surface area contributed by atoms with Crippen LogP contribution in [0.3, 0.4) is 0 Å². The van der Waals surface area contributed by atoms with Crippen LogP contribution in [0, 0.1) is 12.3 Å². The lowest BCUT2D eigenvalue weighted by molar-refractivity contribution is -0.139. The third-order valence-electron chi connectivity index (χ3n) is 6.74. The van der Waals surface area contributed by atoms with Gasteiger partial charge in [0.05, 0.1) is 40.1 Å². The van der Waals surface area contributed by atoms with E-state index >= 15 is 0 Å². The van der Waals surface area contributed by atoms with Gasteiger partial charge in [-0.2, -0.15) is 0 Å². The maximum absolute atomic E-state index is 14.1. The van der Waals surface area contributed by atoms with Crippen molar-refractivity contribution in [2.75, 3.05) is 19.8 Å². The maximum Gasteiger partial charge on any atom is 0.338 e. The summed E-state index contributed by atoms with van der Waals surface area (Å²) in [6.45, 7) is 10.5. The molecule has 9 heteroatoms. The summed E-state index contributed by atoms with van der Waals surface area (Å²) in [5.41, 5.74) is 3.40. The highest BCUT2D eigenvalue weighted by Crippen LogP contribution is 2.37. The molecule has 0 saturated carbocycles. The SMILES string of the molecule is C#CCOc1c(Cl)cc(/C=c2\sc3n(c2=O)[C@@H](c2ccc(C(C)C)cc2)C(C(=O)OCC)=C(CCC)N=3)cc1OCC. The van der Waals surface area contributed by atoms with Gasteiger partial charge in [0, 0.05) is 0 Å². The largest absolute Gasteiger partial charge is 0.490 e. The first kappa shape index (κ1) is 31.1. The summed E-state index contributed by atoms with van der Waals surface area (Å²) < 4.78 is 18.9. The highest BCUT2D eigenvalue weighted by atomic mass is 35.5. The zero-order valence-electron chi connectivity index (χ0n) is 24.5. The van der Waals surface area contributed by atoms with Gasteiger partial charge in [-0.25, -0.2) is 9.79 Å². The minimum atomic E-state index is -0.674. The number of hydrogen-bond acceptors (Lipinski definition) is 7. The number of terminal acetylenes is 1. The van der Waals surface area contributed by atoms with Gasteiger partial charge in [-0.15, -0.1) is 6.42 Å². The van der Waals surface area contributed by atoms with Gasteiger partial charge >= 0.3 is 5.97 Å².